The van der Waals surface area contributed by atoms with Gasteiger partial charge in [-0.2, -0.15) is 0 Å². The summed E-state index contributed by atoms with van der Waals surface area (Å²) in [5, 5.41) is 13.4. The summed E-state index contributed by atoms with van der Waals surface area (Å²) >= 11 is 3.42. The fourth-order valence-electron chi connectivity index (χ4n) is 3.81. The van der Waals surface area contributed by atoms with Gasteiger partial charge in [0.05, 0.1) is 32.8 Å². The number of Topliss-reactive ketones (excluding diaryl/α,β-unsaturated/α-hetero) is 1. The first-order valence-corrected chi connectivity index (χ1v) is 11.6. The molecule has 0 aliphatic carbocycles. The lowest BCUT2D eigenvalue weighted by molar-refractivity contribution is -0.858. The first kappa shape index (κ1) is 24.0. The normalized spacial score (nSPS) is 18.1. The van der Waals surface area contributed by atoms with E-state index >= 15 is 0 Å². The van der Waals surface area contributed by atoms with Gasteiger partial charge in [0, 0.05) is 23.0 Å². The summed E-state index contributed by atoms with van der Waals surface area (Å²) in [6, 6.07) is 13.4. The number of benzene rings is 2. The fraction of sp³-hybridized carbons (Fsp3) is 0.360. The minimum atomic E-state index is -0.720. The van der Waals surface area contributed by atoms with Gasteiger partial charge in [0.15, 0.2) is 0 Å². The lowest BCUT2D eigenvalue weighted by atomic mass is 9.95. The van der Waals surface area contributed by atoms with Crippen molar-refractivity contribution in [1.29, 1.82) is 0 Å². The lowest BCUT2D eigenvalue weighted by Crippen LogP contribution is -3.05. The smallest absolute Gasteiger partial charge is 0.295 e. The molecule has 2 aromatic carbocycles. The highest BCUT2D eigenvalue weighted by molar-refractivity contribution is 9.10. The van der Waals surface area contributed by atoms with E-state index in [1.807, 2.05) is 52.2 Å². The van der Waals surface area contributed by atoms with Gasteiger partial charge in [-0.25, -0.2) is 0 Å². The second-order valence-electron chi connectivity index (χ2n) is 8.53. The van der Waals surface area contributed by atoms with Crippen molar-refractivity contribution in [3.63, 3.8) is 0 Å². The number of ketones is 1. The summed E-state index contributed by atoms with van der Waals surface area (Å²) in [7, 11) is 4.08. The van der Waals surface area contributed by atoms with Crippen LogP contribution >= 0.6 is 15.9 Å². The van der Waals surface area contributed by atoms with Crippen molar-refractivity contribution in [3.05, 3.63) is 69.7 Å². The summed E-state index contributed by atoms with van der Waals surface area (Å²) < 4.78 is 6.52. The third kappa shape index (κ3) is 5.40. The van der Waals surface area contributed by atoms with E-state index in [1.165, 1.54) is 9.80 Å². The molecule has 2 aromatic rings. The Morgan fingerprint density at radius 3 is 2.28 bits per heavy atom. The number of hydrogen-bond acceptors (Lipinski definition) is 4. The van der Waals surface area contributed by atoms with Gasteiger partial charge in [0.25, 0.3) is 5.91 Å². The van der Waals surface area contributed by atoms with E-state index in [0.717, 1.165) is 23.0 Å². The third-order valence-corrected chi connectivity index (χ3v) is 5.81. The Hall–Kier alpha value is -2.64. The largest absolute Gasteiger partial charge is 0.872 e. The number of halogens is 1. The van der Waals surface area contributed by atoms with Gasteiger partial charge in [0.2, 0.25) is 5.78 Å². The number of nitrogens with zero attached hydrogens (tertiary/aromatic N) is 1. The Morgan fingerprint density at radius 1 is 1.09 bits per heavy atom. The van der Waals surface area contributed by atoms with Gasteiger partial charge < -0.3 is 19.6 Å². The standard InChI is InChI=1S/C25H29BrN2O4/c1-16(2)32-20-12-8-18(9-13-20)23(29)21-22(17-6-10-19(26)11-7-17)28(25(31)24(21)30)15-5-14-27(3)4/h6-13,16,22,29H,5,14-15H2,1-4H3/b23-21+. The van der Waals surface area contributed by atoms with E-state index in [1.54, 1.807) is 24.3 Å². The van der Waals surface area contributed by atoms with Crippen LogP contribution in [-0.2, 0) is 9.59 Å². The maximum absolute atomic E-state index is 13.4. The molecule has 0 aromatic heterocycles. The van der Waals surface area contributed by atoms with E-state index in [2.05, 4.69) is 15.9 Å². The Bertz CT molecular complexity index is 998. The second-order valence-corrected chi connectivity index (χ2v) is 9.44. The van der Waals surface area contributed by atoms with Gasteiger partial charge in [-0.15, -0.1) is 0 Å². The highest BCUT2D eigenvalue weighted by Gasteiger charge is 2.43. The Labute approximate surface area is 197 Å². The first-order valence-electron chi connectivity index (χ1n) is 10.8. The van der Waals surface area contributed by atoms with Crippen LogP contribution < -0.4 is 14.7 Å². The molecule has 1 N–H and O–H groups in total. The predicted molar refractivity (Wildman–Crippen MR) is 125 cm³/mol. The highest BCUT2D eigenvalue weighted by atomic mass is 79.9. The predicted octanol–water partition coefficient (Wildman–Crippen LogP) is 1.99. The molecule has 32 heavy (non-hydrogen) atoms. The number of carbonyl (C=O) groups is 2. The number of amides is 1. The van der Waals surface area contributed by atoms with E-state index in [0.29, 0.717) is 17.9 Å². The zero-order chi connectivity index (χ0) is 23.4. The number of likely N-dealkylation sites (tertiary alicyclic amines) is 1. The Morgan fingerprint density at radius 2 is 1.72 bits per heavy atom. The molecule has 6 nitrogen and oxygen atoms in total. The first-order chi connectivity index (χ1) is 15.2. The monoisotopic (exact) mass is 500 g/mol. The lowest BCUT2D eigenvalue weighted by Gasteiger charge is -2.27. The third-order valence-electron chi connectivity index (χ3n) is 5.28. The van der Waals surface area contributed by atoms with Crippen LogP contribution in [0, 0.1) is 0 Å². The van der Waals surface area contributed by atoms with Crippen LogP contribution in [0.15, 0.2) is 58.6 Å². The molecule has 1 heterocycles. The summed E-state index contributed by atoms with van der Waals surface area (Å²) in [5.41, 5.74) is 1.11. The number of ether oxygens (including phenoxy) is 1. The van der Waals surface area contributed by atoms with Crippen molar-refractivity contribution >= 4 is 33.4 Å². The average molecular weight is 501 g/mol. The Kier molecular flexibility index (Phi) is 7.74. The average Bonchev–Trinajstić information content (AvgIpc) is 2.99. The van der Waals surface area contributed by atoms with E-state index in [9.17, 15) is 14.7 Å². The molecule has 1 aliphatic heterocycles. The van der Waals surface area contributed by atoms with E-state index in [-0.39, 0.29) is 11.7 Å². The van der Waals surface area contributed by atoms with Gasteiger partial charge in [-0.1, -0.05) is 46.0 Å². The summed E-state index contributed by atoms with van der Waals surface area (Å²) in [6.07, 6.45) is 0.746. The van der Waals surface area contributed by atoms with Gasteiger partial charge >= 0.3 is 0 Å². The molecule has 1 saturated heterocycles. The highest BCUT2D eigenvalue weighted by Crippen LogP contribution is 2.39. The number of rotatable bonds is 8. The maximum atomic E-state index is 13.4. The molecule has 7 heteroatoms. The summed E-state index contributed by atoms with van der Waals surface area (Å²) in [4.78, 5) is 28.7. The zero-order valence-corrected chi connectivity index (χ0v) is 20.4. The van der Waals surface area contributed by atoms with Crippen LogP contribution in [0.4, 0.5) is 0 Å². The van der Waals surface area contributed by atoms with Crippen LogP contribution in [-0.4, -0.2) is 49.9 Å². The van der Waals surface area contributed by atoms with Gasteiger partial charge in [-0.05, 0) is 49.2 Å². The summed E-state index contributed by atoms with van der Waals surface area (Å²) in [5.74, 6) is -1.11. The number of nitrogens with one attached hydrogen (secondary N) is 1. The molecular formula is C25H29BrN2O4. The summed E-state index contributed by atoms with van der Waals surface area (Å²) in [6.45, 7) is 5.11. The molecule has 0 spiro atoms. The van der Waals surface area contributed by atoms with Crippen LogP contribution in [0.5, 0.6) is 5.75 Å². The van der Waals surface area contributed by atoms with Crippen molar-refractivity contribution < 1.29 is 24.3 Å². The second kappa shape index (κ2) is 10.3. The van der Waals surface area contributed by atoms with E-state index < -0.39 is 23.5 Å². The molecule has 1 fully saturated rings. The zero-order valence-electron chi connectivity index (χ0n) is 18.9. The quantitative estimate of drug-likeness (QED) is 0.341. The minimum absolute atomic E-state index is 0.00653. The molecule has 1 amide bonds. The Balaban J connectivity index is 2.03. The molecule has 0 radical (unpaired) electrons. The SMILES string of the molecule is CC(C)Oc1ccc(/C([O-])=C2\C(=O)C(=O)N(CCC[NH+](C)C)C2c2ccc(Br)cc2)cc1. The van der Waals surface area contributed by atoms with Crippen molar-refractivity contribution in [1.82, 2.24) is 4.90 Å². The molecular weight excluding hydrogens is 472 g/mol. The van der Waals surface area contributed by atoms with Crippen molar-refractivity contribution in [2.24, 2.45) is 0 Å². The maximum Gasteiger partial charge on any atom is 0.295 e. The molecule has 1 aliphatic rings. The molecule has 1 atom stereocenters. The molecule has 3 rings (SSSR count). The fourth-order valence-corrected chi connectivity index (χ4v) is 4.07. The number of hydrogen-bond donors (Lipinski definition) is 1. The van der Waals surface area contributed by atoms with Crippen molar-refractivity contribution in [2.45, 2.75) is 32.4 Å². The van der Waals surface area contributed by atoms with E-state index in [4.69, 9.17) is 4.74 Å². The van der Waals surface area contributed by atoms with Crippen LogP contribution in [0.1, 0.15) is 37.4 Å². The molecule has 0 bridgehead atoms. The van der Waals surface area contributed by atoms with Crippen molar-refractivity contribution in [2.75, 3.05) is 27.2 Å². The van der Waals surface area contributed by atoms with Crippen LogP contribution in [0.3, 0.4) is 0 Å². The molecule has 170 valence electrons. The van der Waals surface area contributed by atoms with Crippen LogP contribution in [0.25, 0.3) is 5.76 Å². The topological polar surface area (TPSA) is 74.1 Å². The van der Waals surface area contributed by atoms with Crippen LogP contribution in [0.2, 0.25) is 0 Å². The molecule has 0 saturated carbocycles. The number of quaternary nitrogens is 1. The van der Waals surface area contributed by atoms with Gasteiger partial charge in [0.1, 0.15) is 5.75 Å². The molecule has 1 unspecified atom stereocenters. The number of carbonyl (C=O) groups excluding carboxylic acids is 2. The van der Waals surface area contributed by atoms with Crippen molar-refractivity contribution in [3.8, 4) is 5.75 Å². The minimum Gasteiger partial charge on any atom is -0.872 e. The van der Waals surface area contributed by atoms with Gasteiger partial charge in [-0.3, -0.25) is 9.59 Å².